The monoisotopic (exact) mass is 180 g/mol. The van der Waals surface area contributed by atoms with Crippen LogP contribution in [0.15, 0.2) is 0 Å². The first-order valence-corrected chi connectivity index (χ1v) is 4.68. The molecule has 0 radical (unpaired) electrons. The molecule has 3 nitrogen and oxygen atoms in total. The van der Waals surface area contributed by atoms with Crippen molar-refractivity contribution in [1.82, 2.24) is 10.2 Å². The van der Waals surface area contributed by atoms with Crippen LogP contribution in [0.3, 0.4) is 0 Å². The van der Waals surface area contributed by atoms with Gasteiger partial charge >= 0.3 is 0 Å². The number of piperidine rings is 1. The number of carbonyl (C=O) groups excluding carboxylic acids is 1. The lowest BCUT2D eigenvalue weighted by Crippen LogP contribution is -2.39. The van der Waals surface area contributed by atoms with E-state index in [0.29, 0.717) is 5.92 Å². The zero-order chi connectivity index (χ0) is 9.68. The Balaban J connectivity index is 2.31. The molecule has 0 unspecified atom stereocenters. The van der Waals surface area contributed by atoms with Gasteiger partial charge in [-0.1, -0.05) is 0 Å². The van der Waals surface area contributed by atoms with Gasteiger partial charge in [0, 0.05) is 13.1 Å². The van der Waals surface area contributed by atoms with E-state index in [9.17, 15) is 4.79 Å². The number of rotatable bonds is 2. The Morgan fingerprint density at radius 3 is 2.69 bits per heavy atom. The number of hydrogen-bond donors (Lipinski definition) is 1. The zero-order valence-corrected chi connectivity index (χ0v) is 8.05. The lowest BCUT2D eigenvalue weighted by atomic mass is 9.97. The Bertz CT molecular complexity index is 211. The first kappa shape index (κ1) is 10.1. The molecule has 1 aliphatic heterocycles. The molecule has 3 heteroatoms. The molecule has 1 rings (SSSR count). The molecule has 72 valence electrons. The first-order valence-electron chi connectivity index (χ1n) is 4.68. The van der Waals surface area contributed by atoms with E-state index in [0.717, 1.165) is 32.5 Å². The molecule has 0 atom stereocenters. The van der Waals surface area contributed by atoms with Gasteiger partial charge in [0.25, 0.3) is 5.91 Å². The lowest BCUT2D eigenvalue weighted by Gasteiger charge is -2.30. The van der Waals surface area contributed by atoms with E-state index in [-0.39, 0.29) is 5.91 Å². The predicted octanol–water partition coefficient (Wildman–Crippen LogP) is 0.0776. The van der Waals surface area contributed by atoms with Crippen molar-refractivity contribution in [2.24, 2.45) is 5.92 Å². The maximum Gasteiger partial charge on any atom is 0.298 e. The first-order chi connectivity index (χ1) is 6.27. The van der Waals surface area contributed by atoms with Crippen molar-refractivity contribution in [2.45, 2.75) is 12.8 Å². The molecule has 1 aliphatic rings. The van der Waals surface area contributed by atoms with E-state index in [1.165, 1.54) is 0 Å². The fourth-order valence-electron chi connectivity index (χ4n) is 1.72. The van der Waals surface area contributed by atoms with Crippen LogP contribution in [0.4, 0.5) is 0 Å². The average Bonchev–Trinajstić information content (AvgIpc) is 2.18. The van der Waals surface area contributed by atoms with Crippen molar-refractivity contribution < 1.29 is 4.79 Å². The van der Waals surface area contributed by atoms with Gasteiger partial charge in [-0.3, -0.25) is 4.79 Å². The van der Waals surface area contributed by atoms with Crippen LogP contribution < -0.4 is 5.32 Å². The smallest absolute Gasteiger partial charge is 0.298 e. The maximum absolute atomic E-state index is 11.1. The van der Waals surface area contributed by atoms with Gasteiger partial charge in [0.2, 0.25) is 0 Å². The SMILES string of the molecule is C#CC(=O)N1CCC(CNC)CC1. The molecule has 0 saturated carbocycles. The minimum absolute atomic E-state index is 0.164. The van der Waals surface area contributed by atoms with Crippen LogP contribution in [0.2, 0.25) is 0 Å². The summed E-state index contributed by atoms with van der Waals surface area (Å²) >= 11 is 0. The second-order valence-corrected chi connectivity index (χ2v) is 3.44. The molecule has 0 aromatic carbocycles. The number of terminal acetylenes is 1. The van der Waals surface area contributed by atoms with Gasteiger partial charge in [-0.15, -0.1) is 6.42 Å². The van der Waals surface area contributed by atoms with Crippen LogP contribution >= 0.6 is 0 Å². The lowest BCUT2D eigenvalue weighted by molar-refractivity contribution is -0.126. The van der Waals surface area contributed by atoms with Crippen molar-refractivity contribution in [3.05, 3.63) is 0 Å². The molecule has 1 N–H and O–H groups in total. The van der Waals surface area contributed by atoms with Gasteiger partial charge < -0.3 is 10.2 Å². The molecule has 0 aromatic rings. The van der Waals surface area contributed by atoms with Crippen molar-refractivity contribution in [1.29, 1.82) is 0 Å². The maximum atomic E-state index is 11.1. The minimum Gasteiger partial charge on any atom is -0.332 e. The Labute approximate surface area is 79.5 Å². The van der Waals surface area contributed by atoms with Gasteiger partial charge in [0.15, 0.2) is 0 Å². The van der Waals surface area contributed by atoms with Crippen LogP contribution in [0.1, 0.15) is 12.8 Å². The molecule has 0 aliphatic carbocycles. The Hall–Kier alpha value is -1.01. The largest absolute Gasteiger partial charge is 0.332 e. The summed E-state index contributed by atoms with van der Waals surface area (Å²) in [6.07, 6.45) is 7.17. The summed E-state index contributed by atoms with van der Waals surface area (Å²) in [5, 5.41) is 3.15. The normalized spacial score (nSPS) is 18.3. The fraction of sp³-hybridized carbons (Fsp3) is 0.700. The summed E-state index contributed by atoms with van der Waals surface area (Å²) < 4.78 is 0. The summed E-state index contributed by atoms with van der Waals surface area (Å²) in [4.78, 5) is 12.9. The zero-order valence-electron chi connectivity index (χ0n) is 8.05. The molecule has 1 amide bonds. The molecule has 13 heavy (non-hydrogen) atoms. The molecule has 0 aromatic heterocycles. The quantitative estimate of drug-likeness (QED) is 0.610. The molecule has 0 bridgehead atoms. The van der Waals surface area contributed by atoms with Crippen molar-refractivity contribution in [3.8, 4) is 12.3 Å². The second-order valence-electron chi connectivity index (χ2n) is 3.44. The topological polar surface area (TPSA) is 32.3 Å². The molecular formula is C10H16N2O. The van der Waals surface area contributed by atoms with E-state index in [2.05, 4.69) is 11.2 Å². The fourth-order valence-corrected chi connectivity index (χ4v) is 1.72. The predicted molar refractivity (Wildman–Crippen MR) is 52.1 cm³/mol. The van der Waals surface area contributed by atoms with Gasteiger partial charge in [-0.25, -0.2) is 0 Å². The van der Waals surface area contributed by atoms with Gasteiger partial charge in [0.05, 0.1) is 0 Å². The van der Waals surface area contributed by atoms with E-state index >= 15 is 0 Å². The van der Waals surface area contributed by atoms with Crippen LogP contribution in [-0.2, 0) is 4.79 Å². The van der Waals surface area contributed by atoms with E-state index in [1.807, 2.05) is 7.05 Å². The van der Waals surface area contributed by atoms with E-state index in [1.54, 1.807) is 4.90 Å². The number of likely N-dealkylation sites (tertiary alicyclic amines) is 1. The van der Waals surface area contributed by atoms with Crippen molar-refractivity contribution in [2.75, 3.05) is 26.7 Å². The Kier molecular flexibility index (Phi) is 3.78. The summed E-state index contributed by atoms with van der Waals surface area (Å²) in [5.74, 6) is 2.69. The number of nitrogens with one attached hydrogen (secondary N) is 1. The highest BCUT2D eigenvalue weighted by molar-refractivity contribution is 5.92. The number of nitrogens with zero attached hydrogens (tertiary/aromatic N) is 1. The van der Waals surface area contributed by atoms with Gasteiger partial charge in [-0.2, -0.15) is 0 Å². The van der Waals surface area contributed by atoms with Crippen LogP contribution in [0.25, 0.3) is 0 Å². The standard InChI is InChI=1S/C10H16N2O/c1-3-10(13)12-6-4-9(5-7-12)8-11-2/h1,9,11H,4-8H2,2H3. The summed E-state index contributed by atoms with van der Waals surface area (Å²) in [7, 11) is 1.96. The third kappa shape index (κ3) is 2.74. The summed E-state index contributed by atoms with van der Waals surface area (Å²) in [6.45, 7) is 2.67. The molecule has 1 heterocycles. The third-order valence-electron chi connectivity index (χ3n) is 2.52. The molecule has 1 saturated heterocycles. The highest BCUT2D eigenvalue weighted by Gasteiger charge is 2.20. The van der Waals surface area contributed by atoms with Crippen LogP contribution in [0, 0.1) is 18.3 Å². The van der Waals surface area contributed by atoms with Crippen molar-refractivity contribution in [3.63, 3.8) is 0 Å². The van der Waals surface area contributed by atoms with Crippen molar-refractivity contribution >= 4 is 5.91 Å². The molecule has 0 spiro atoms. The Morgan fingerprint density at radius 1 is 1.62 bits per heavy atom. The molecule has 1 fully saturated rings. The second kappa shape index (κ2) is 4.88. The number of carbonyl (C=O) groups is 1. The highest BCUT2D eigenvalue weighted by Crippen LogP contribution is 2.15. The Morgan fingerprint density at radius 2 is 2.23 bits per heavy atom. The van der Waals surface area contributed by atoms with E-state index in [4.69, 9.17) is 6.42 Å². The van der Waals surface area contributed by atoms with Gasteiger partial charge in [0.1, 0.15) is 0 Å². The third-order valence-corrected chi connectivity index (χ3v) is 2.52. The number of amides is 1. The van der Waals surface area contributed by atoms with Gasteiger partial charge in [-0.05, 0) is 38.3 Å². The van der Waals surface area contributed by atoms with E-state index < -0.39 is 0 Å². The van der Waals surface area contributed by atoms with Crippen LogP contribution in [-0.4, -0.2) is 37.5 Å². The summed E-state index contributed by atoms with van der Waals surface area (Å²) in [6, 6.07) is 0. The molecular weight excluding hydrogens is 164 g/mol. The minimum atomic E-state index is -0.164. The number of hydrogen-bond acceptors (Lipinski definition) is 2. The summed E-state index contributed by atoms with van der Waals surface area (Å²) in [5.41, 5.74) is 0. The van der Waals surface area contributed by atoms with Crippen LogP contribution in [0.5, 0.6) is 0 Å². The highest BCUT2D eigenvalue weighted by atomic mass is 16.2. The average molecular weight is 180 g/mol.